The maximum atomic E-state index is 13.1. The van der Waals surface area contributed by atoms with E-state index in [1.807, 2.05) is 0 Å². The zero-order valence-electron chi connectivity index (χ0n) is 20.9. The van der Waals surface area contributed by atoms with Crippen molar-refractivity contribution in [3.8, 4) is 0 Å². The van der Waals surface area contributed by atoms with Crippen molar-refractivity contribution in [2.24, 2.45) is 5.41 Å². The van der Waals surface area contributed by atoms with E-state index in [-0.39, 0.29) is 47.1 Å². The van der Waals surface area contributed by atoms with Gasteiger partial charge in [0, 0.05) is 37.0 Å². The highest BCUT2D eigenvalue weighted by Crippen LogP contribution is 2.43. The Morgan fingerprint density at radius 1 is 1.19 bits per heavy atom. The van der Waals surface area contributed by atoms with E-state index >= 15 is 0 Å². The molecule has 3 fully saturated rings. The number of amides is 2. The van der Waals surface area contributed by atoms with Crippen molar-refractivity contribution in [1.82, 2.24) is 25.5 Å². The van der Waals surface area contributed by atoms with Gasteiger partial charge in [0.1, 0.15) is 12.1 Å². The summed E-state index contributed by atoms with van der Waals surface area (Å²) in [4.78, 5) is 34.8. The Balaban J connectivity index is 1.08. The monoisotopic (exact) mass is 518 g/mol. The lowest BCUT2D eigenvalue weighted by Crippen LogP contribution is -2.63. The summed E-state index contributed by atoms with van der Waals surface area (Å²) in [6, 6.07) is 4.10. The standard InChI is InChI=1S/C26H33F3N6O2/c1-25(21-3-2-4-22(36)34-21)9-7-18(8-10-25)35-13-17(14-35)33-23(37)12-30-24-19-11-16(26(27,28)29)5-6-20(19)31-15-32-24/h5-6,11,15,17-18,21H,2-4,7-10,12-14H2,1H3,(H,33,37)(H,34,36)(H,30,31,32). The summed E-state index contributed by atoms with van der Waals surface area (Å²) in [6.07, 6.45) is 3.81. The second-order valence-electron chi connectivity index (χ2n) is 10.9. The summed E-state index contributed by atoms with van der Waals surface area (Å²) in [5, 5.41) is 9.29. The van der Waals surface area contributed by atoms with Gasteiger partial charge in [-0.1, -0.05) is 6.92 Å². The lowest BCUT2D eigenvalue weighted by atomic mass is 9.67. The molecule has 3 heterocycles. The maximum Gasteiger partial charge on any atom is 0.416 e. The van der Waals surface area contributed by atoms with Crippen LogP contribution in [0.2, 0.25) is 0 Å². The van der Waals surface area contributed by atoms with Crippen LogP contribution in [-0.4, -0.2) is 64.4 Å². The van der Waals surface area contributed by atoms with Crippen LogP contribution >= 0.6 is 0 Å². The minimum atomic E-state index is -4.47. The molecule has 2 amide bonds. The molecular formula is C26H33F3N6O2. The van der Waals surface area contributed by atoms with Crippen LogP contribution < -0.4 is 16.0 Å². The van der Waals surface area contributed by atoms with Crippen molar-refractivity contribution in [2.45, 2.75) is 76.2 Å². The Hall–Kier alpha value is -2.95. The number of anilines is 1. The van der Waals surface area contributed by atoms with E-state index in [0.717, 1.165) is 63.7 Å². The first-order valence-corrected chi connectivity index (χ1v) is 13.0. The maximum absolute atomic E-state index is 13.1. The van der Waals surface area contributed by atoms with Gasteiger partial charge in [0.25, 0.3) is 0 Å². The number of benzene rings is 1. The van der Waals surface area contributed by atoms with E-state index in [1.54, 1.807) is 0 Å². The van der Waals surface area contributed by atoms with Crippen molar-refractivity contribution < 1.29 is 22.8 Å². The molecular weight excluding hydrogens is 485 g/mol. The fourth-order valence-electron chi connectivity index (χ4n) is 6.02. The number of hydrogen-bond acceptors (Lipinski definition) is 6. The van der Waals surface area contributed by atoms with Crippen molar-refractivity contribution >= 4 is 28.5 Å². The highest BCUT2D eigenvalue weighted by atomic mass is 19.4. The average Bonchev–Trinajstić information content (AvgIpc) is 2.84. The summed E-state index contributed by atoms with van der Waals surface area (Å²) in [5.41, 5.74) is -0.263. The summed E-state index contributed by atoms with van der Waals surface area (Å²) >= 11 is 0. The van der Waals surface area contributed by atoms with E-state index < -0.39 is 11.7 Å². The molecule has 8 nitrogen and oxygen atoms in total. The number of nitrogens with zero attached hydrogens (tertiary/aromatic N) is 3. The van der Waals surface area contributed by atoms with Crippen LogP contribution in [0.3, 0.4) is 0 Å². The lowest BCUT2D eigenvalue weighted by Gasteiger charge is -2.50. The van der Waals surface area contributed by atoms with Crippen molar-refractivity contribution in [3.05, 3.63) is 30.1 Å². The molecule has 3 aliphatic rings. The molecule has 2 aromatic rings. The zero-order valence-corrected chi connectivity index (χ0v) is 20.9. The third kappa shape index (κ3) is 5.66. The number of rotatable bonds is 6. The number of carbonyl (C=O) groups is 2. The number of likely N-dealkylation sites (tertiary alicyclic amines) is 1. The number of alkyl halides is 3. The number of fused-ring (bicyclic) bond motifs is 1. The molecule has 2 saturated heterocycles. The summed E-state index contributed by atoms with van der Waals surface area (Å²) in [7, 11) is 0. The number of aromatic nitrogens is 2. The van der Waals surface area contributed by atoms with Gasteiger partial charge >= 0.3 is 6.18 Å². The largest absolute Gasteiger partial charge is 0.416 e. The first-order chi connectivity index (χ1) is 17.6. The smallest absolute Gasteiger partial charge is 0.360 e. The molecule has 5 rings (SSSR count). The van der Waals surface area contributed by atoms with Crippen LogP contribution in [-0.2, 0) is 15.8 Å². The van der Waals surface area contributed by atoms with Gasteiger partial charge in [-0.25, -0.2) is 9.97 Å². The van der Waals surface area contributed by atoms with Gasteiger partial charge in [-0.2, -0.15) is 13.2 Å². The van der Waals surface area contributed by atoms with E-state index in [4.69, 9.17) is 0 Å². The highest BCUT2D eigenvalue weighted by molar-refractivity contribution is 5.91. The highest BCUT2D eigenvalue weighted by Gasteiger charge is 2.43. The molecule has 37 heavy (non-hydrogen) atoms. The van der Waals surface area contributed by atoms with E-state index in [2.05, 4.69) is 37.7 Å². The van der Waals surface area contributed by atoms with Crippen LogP contribution in [0, 0.1) is 5.41 Å². The van der Waals surface area contributed by atoms with E-state index in [9.17, 15) is 22.8 Å². The van der Waals surface area contributed by atoms with E-state index in [1.165, 1.54) is 12.4 Å². The Morgan fingerprint density at radius 3 is 2.65 bits per heavy atom. The van der Waals surface area contributed by atoms with Gasteiger partial charge in [0.05, 0.1) is 23.7 Å². The molecule has 200 valence electrons. The zero-order chi connectivity index (χ0) is 26.2. The molecule has 0 radical (unpaired) electrons. The Bertz CT molecular complexity index is 1160. The molecule has 1 aliphatic carbocycles. The Labute approximate surface area is 213 Å². The SMILES string of the molecule is CC1(C2CCCC(=O)N2)CCC(N2CC(NC(=O)CNc3ncnc4ccc(C(F)(F)F)cc34)C2)CC1. The Morgan fingerprint density at radius 2 is 1.95 bits per heavy atom. The van der Waals surface area contributed by atoms with Gasteiger partial charge in [0.15, 0.2) is 0 Å². The fourth-order valence-corrected chi connectivity index (χ4v) is 6.02. The molecule has 1 aromatic carbocycles. The van der Waals surface area contributed by atoms with Crippen molar-refractivity contribution in [1.29, 1.82) is 0 Å². The number of carbonyl (C=O) groups excluding carboxylic acids is 2. The molecule has 3 N–H and O–H groups in total. The molecule has 11 heteroatoms. The number of hydrogen-bond donors (Lipinski definition) is 3. The van der Waals surface area contributed by atoms with Crippen LogP contribution in [0.15, 0.2) is 24.5 Å². The predicted octanol–water partition coefficient (Wildman–Crippen LogP) is 3.48. The van der Waals surface area contributed by atoms with Crippen molar-refractivity contribution in [2.75, 3.05) is 25.0 Å². The van der Waals surface area contributed by atoms with Gasteiger partial charge in [-0.15, -0.1) is 0 Å². The van der Waals surface area contributed by atoms with Crippen LogP contribution in [0.4, 0.5) is 19.0 Å². The summed E-state index contributed by atoms with van der Waals surface area (Å²) in [6.45, 7) is 3.79. The van der Waals surface area contributed by atoms with Gasteiger partial charge in [0.2, 0.25) is 11.8 Å². The minimum Gasteiger partial charge on any atom is -0.360 e. The molecule has 1 aromatic heterocycles. The van der Waals surface area contributed by atoms with Crippen LogP contribution in [0.25, 0.3) is 10.9 Å². The molecule has 0 spiro atoms. The van der Waals surface area contributed by atoms with Crippen molar-refractivity contribution in [3.63, 3.8) is 0 Å². The quantitative estimate of drug-likeness (QED) is 0.542. The summed E-state index contributed by atoms with van der Waals surface area (Å²) < 4.78 is 39.3. The lowest BCUT2D eigenvalue weighted by molar-refractivity contribution is -0.137. The molecule has 1 saturated carbocycles. The normalized spacial score (nSPS) is 27.4. The van der Waals surface area contributed by atoms with E-state index in [0.29, 0.717) is 18.0 Å². The number of halogens is 3. The number of nitrogens with one attached hydrogen (secondary N) is 3. The molecule has 1 atom stereocenters. The molecule has 0 bridgehead atoms. The van der Waals surface area contributed by atoms with Gasteiger partial charge in [-0.3, -0.25) is 14.5 Å². The fraction of sp³-hybridized carbons (Fsp3) is 0.615. The topological polar surface area (TPSA) is 99.2 Å². The average molecular weight is 519 g/mol. The molecule has 2 aliphatic heterocycles. The van der Waals surface area contributed by atoms with Crippen LogP contribution in [0.5, 0.6) is 0 Å². The van der Waals surface area contributed by atoms with Crippen LogP contribution in [0.1, 0.15) is 57.4 Å². The molecule has 1 unspecified atom stereocenters. The first-order valence-electron chi connectivity index (χ1n) is 13.0. The second-order valence-corrected chi connectivity index (χ2v) is 10.9. The predicted molar refractivity (Wildman–Crippen MR) is 133 cm³/mol. The third-order valence-electron chi connectivity index (χ3n) is 8.34. The van der Waals surface area contributed by atoms with Gasteiger partial charge in [-0.05, 0) is 62.1 Å². The Kier molecular flexibility index (Phi) is 6.99. The third-order valence-corrected chi connectivity index (χ3v) is 8.34. The second kappa shape index (κ2) is 10.1. The van der Waals surface area contributed by atoms with Gasteiger partial charge < -0.3 is 16.0 Å². The first kappa shape index (κ1) is 25.7. The number of piperidine rings is 1. The minimum absolute atomic E-state index is 0.0548. The summed E-state index contributed by atoms with van der Waals surface area (Å²) in [5.74, 6) is 0.142.